The fourth-order valence-electron chi connectivity index (χ4n) is 2.25. The molecule has 0 aliphatic heterocycles. The lowest BCUT2D eigenvalue weighted by Gasteiger charge is -2.06. The van der Waals surface area contributed by atoms with Gasteiger partial charge in [-0.05, 0) is 36.2 Å². The Morgan fingerprint density at radius 3 is 2.89 bits per heavy atom. The highest BCUT2D eigenvalue weighted by Gasteiger charge is 2.01. The molecule has 2 N–H and O–H groups in total. The number of aromatic nitrogens is 2. The largest absolute Gasteiger partial charge is 0.361 e. The summed E-state index contributed by atoms with van der Waals surface area (Å²) in [5.74, 6) is 0. The SMILES string of the molecule is Cc1ccc(CNCc2cccc3[nH]ccc23)cn1. The molecular weight excluding hydrogens is 234 g/mol. The summed E-state index contributed by atoms with van der Waals surface area (Å²) in [7, 11) is 0. The summed E-state index contributed by atoms with van der Waals surface area (Å²) in [6.07, 6.45) is 3.91. The van der Waals surface area contributed by atoms with Crippen LogP contribution in [0.2, 0.25) is 0 Å². The van der Waals surface area contributed by atoms with E-state index in [0.29, 0.717) is 0 Å². The third-order valence-electron chi connectivity index (χ3n) is 3.30. The number of fused-ring (bicyclic) bond motifs is 1. The van der Waals surface area contributed by atoms with Crippen molar-refractivity contribution in [3.8, 4) is 0 Å². The van der Waals surface area contributed by atoms with Gasteiger partial charge in [-0.15, -0.1) is 0 Å². The molecule has 0 fully saturated rings. The van der Waals surface area contributed by atoms with E-state index in [2.05, 4.69) is 45.6 Å². The summed E-state index contributed by atoms with van der Waals surface area (Å²) >= 11 is 0. The van der Waals surface area contributed by atoms with Gasteiger partial charge in [-0.3, -0.25) is 4.98 Å². The van der Waals surface area contributed by atoms with Gasteiger partial charge in [-0.1, -0.05) is 18.2 Å². The highest BCUT2D eigenvalue weighted by atomic mass is 14.9. The van der Waals surface area contributed by atoms with Crippen LogP contribution in [0.3, 0.4) is 0 Å². The van der Waals surface area contributed by atoms with E-state index in [1.165, 1.54) is 22.0 Å². The van der Waals surface area contributed by atoms with Crippen LogP contribution in [-0.4, -0.2) is 9.97 Å². The zero-order valence-electron chi connectivity index (χ0n) is 11.0. The summed E-state index contributed by atoms with van der Waals surface area (Å²) in [5.41, 5.74) is 4.78. The molecule has 3 heteroatoms. The van der Waals surface area contributed by atoms with E-state index < -0.39 is 0 Å². The number of nitrogens with zero attached hydrogens (tertiary/aromatic N) is 1. The molecule has 0 spiro atoms. The molecule has 0 atom stereocenters. The summed E-state index contributed by atoms with van der Waals surface area (Å²) < 4.78 is 0. The van der Waals surface area contributed by atoms with E-state index >= 15 is 0 Å². The number of benzene rings is 1. The minimum absolute atomic E-state index is 0.841. The van der Waals surface area contributed by atoms with Gasteiger partial charge in [0.2, 0.25) is 0 Å². The Bertz CT molecular complexity index is 668. The third kappa shape index (κ3) is 2.66. The first-order valence-electron chi connectivity index (χ1n) is 6.50. The van der Waals surface area contributed by atoms with Gasteiger partial charge >= 0.3 is 0 Å². The molecule has 0 saturated carbocycles. The van der Waals surface area contributed by atoms with Crippen LogP contribution in [0.1, 0.15) is 16.8 Å². The molecule has 0 amide bonds. The van der Waals surface area contributed by atoms with E-state index in [-0.39, 0.29) is 0 Å². The van der Waals surface area contributed by atoms with Crippen LogP contribution < -0.4 is 5.32 Å². The van der Waals surface area contributed by atoms with Gasteiger partial charge in [0, 0.05) is 42.1 Å². The van der Waals surface area contributed by atoms with Crippen LogP contribution in [0, 0.1) is 6.92 Å². The fourth-order valence-corrected chi connectivity index (χ4v) is 2.25. The zero-order chi connectivity index (χ0) is 13.1. The maximum absolute atomic E-state index is 4.30. The van der Waals surface area contributed by atoms with Crippen LogP contribution in [0.4, 0.5) is 0 Å². The first-order chi connectivity index (χ1) is 9.33. The summed E-state index contributed by atoms with van der Waals surface area (Å²) in [6.45, 7) is 3.71. The molecule has 2 heterocycles. The summed E-state index contributed by atoms with van der Waals surface area (Å²) in [6, 6.07) is 12.6. The molecule has 3 nitrogen and oxygen atoms in total. The maximum atomic E-state index is 4.30. The lowest BCUT2D eigenvalue weighted by Crippen LogP contribution is -2.13. The van der Waals surface area contributed by atoms with Crippen LogP contribution in [-0.2, 0) is 13.1 Å². The molecule has 3 rings (SSSR count). The van der Waals surface area contributed by atoms with E-state index in [4.69, 9.17) is 0 Å². The predicted octanol–water partition coefficient (Wildman–Crippen LogP) is 3.16. The molecule has 96 valence electrons. The average Bonchev–Trinajstić information content (AvgIpc) is 2.90. The van der Waals surface area contributed by atoms with Gasteiger partial charge in [0.05, 0.1) is 0 Å². The Hall–Kier alpha value is -2.13. The van der Waals surface area contributed by atoms with Crippen molar-refractivity contribution in [2.75, 3.05) is 0 Å². The smallest absolute Gasteiger partial charge is 0.0457 e. The number of hydrogen-bond acceptors (Lipinski definition) is 2. The summed E-state index contributed by atoms with van der Waals surface area (Å²) in [5, 5.41) is 4.75. The van der Waals surface area contributed by atoms with Crippen LogP contribution in [0.25, 0.3) is 10.9 Å². The van der Waals surface area contributed by atoms with Crippen molar-refractivity contribution in [1.82, 2.24) is 15.3 Å². The molecule has 0 bridgehead atoms. The quantitative estimate of drug-likeness (QED) is 0.747. The lowest BCUT2D eigenvalue weighted by molar-refractivity contribution is 0.694. The Kier molecular flexibility index (Phi) is 3.29. The molecule has 0 saturated heterocycles. The molecule has 3 aromatic rings. The molecule has 1 aromatic carbocycles. The van der Waals surface area contributed by atoms with Crippen molar-refractivity contribution in [3.63, 3.8) is 0 Å². The second-order valence-corrected chi connectivity index (χ2v) is 4.77. The number of H-pyrrole nitrogens is 1. The molecule has 0 aliphatic carbocycles. The van der Waals surface area contributed by atoms with Gasteiger partial charge in [0.25, 0.3) is 0 Å². The Morgan fingerprint density at radius 1 is 1.11 bits per heavy atom. The Morgan fingerprint density at radius 2 is 2.05 bits per heavy atom. The van der Waals surface area contributed by atoms with Gasteiger partial charge in [0.1, 0.15) is 0 Å². The first-order valence-corrected chi connectivity index (χ1v) is 6.50. The zero-order valence-corrected chi connectivity index (χ0v) is 11.0. The summed E-state index contributed by atoms with van der Waals surface area (Å²) in [4.78, 5) is 7.54. The highest BCUT2D eigenvalue weighted by molar-refractivity contribution is 5.82. The van der Waals surface area contributed by atoms with Crippen LogP contribution >= 0.6 is 0 Å². The molecule has 0 radical (unpaired) electrons. The maximum Gasteiger partial charge on any atom is 0.0457 e. The Balaban J connectivity index is 1.66. The van der Waals surface area contributed by atoms with Crippen molar-refractivity contribution < 1.29 is 0 Å². The van der Waals surface area contributed by atoms with Crippen molar-refractivity contribution >= 4 is 10.9 Å². The molecule has 2 aromatic heterocycles. The monoisotopic (exact) mass is 251 g/mol. The van der Waals surface area contributed by atoms with Gasteiger partial charge in [-0.2, -0.15) is 0 Å². The van der Waals surface area contributed by atoms with Crippen molar-refractivity contribution in [2.24, 2.45) is 0 Å². The van der Waals surface area contributed by atoms with Crippen molar-refractivity contribution in [2.45, 2.75) is 20.0 Å². The topological polar surface area (TPSA) is 40.7 Å². The number of aryl methyl sites for hydroxylation is 1. The second-order valence-electron chi connectivity index (χ2n) is 4.77. The lowest BCUT2D eigenvalue weighted by atomic mass is 10.1. The number of aromatic amines is 1. The van der Waals surface area contributed by atoms with Crippen molar-refractivity contribution in [1.29, 1.82) is 0 Å². The number of hydrogen-bond donors (Lipinski definition) is 2. The van der Waals surface area contributed by atoms with E-state index in [1.54, 1.807) is 0 Å². The average molecular weight is 251 g/mol. The van der Waals surface area contributed by atoms with E-state index in [1.807, 2.05) is 25.4 Å². The van der Waals surface area contributed by atoms with Crippen LogP contribution in [0.15, 0.2) is 48.8 Å². The number of rotatable bonds is 4. The highest BCUT2D eigenvalue weighted by Crippen LogP contribution is 2.17. The van der Waals surface area contributed by atoms with E-state index in [9.17, 15) is 0 Å². The normalized spacial score (nSPS) is 11.0. The number of pyridine rings is 1. The standard InChI is InChI=1S/C16H17N3/c1-12-5-6-13(10-19-12)9-17-11-14-3-2-4-16-15(14)7-8-18-16/h2-8,10,17-18H,9,11H2,1H3. The van der Waals surface area contributed by atoms with Crippen LogP contribution in [0.5, 0.6) is 0 Å². The predicted molar refractivity (Wildman–Crippen MR) is 77.8 cm³/mol. The molecule has 0 unspecified atom stereocenters. The second kappa shape index (κ2) is 5.24. The third-order valence-corrected chi connectivity index (χ3v) is 3.30. The first kappa shape index (κ1) is 11.9. The van der Waals surface area contributed by atoms with Gasteiger partial charge < -0.3 is 10.3 Å². The van der Waals surface area contributed by atoms with Crippen molar-refractivity contribution in [3.05, 3.63) is 65.6 Å². The van der Waals surface area contributed by atoms with Gasteiger partial charge in [0.15, 0.2) is 0 Å². The molecule has 0 aliphatic rings. The van der Waals surface area contributed by atoms with Gasteiger partial charge in [-0.25, -0.2) is 0 Å². The van der Waals surface area contributed by atoms with E-state index in [0.717, 1.165) is 18.8 Å². The number of nitrogens with one attached hydrogen (secondary N) is 2. The Labute approximate surface area is 112 Å². The molecule has 19 heavy (non-hydrogen) atoms. The minimum atomic E-state index is 0.841. The molecular formula is C16H17N3. The fraction of sp³-hybridized carbons (Fsp3) is 0.188. The minimum Gasteiger partial charge on any atom is -0.361 e.